The number of hydrogen-bond donors (Lipinski definition) is 1. The molecule has 1 aromatic heterocycles. The van der Waals surface area contributed by atoms with E-state index in [0.717, 1.165) is 39.0 Å². The summed E-state index contributed by atoms with van der Waals surface area (Å²) in [5.74, 6) is 0. The molecule has 2 rings (SSSR count). The molecule has 0 aliphatic carbocycles. The molecule has 0 radical (unpaired) electrons. The Hall–Kier alpha value is -0.420. The highest BCUT2D eigenvalue weighted by Crippen LogP contribution is 2.19. The minimum Gasteiger partial charge on any atom is -0.378 e. The predicted octanol–water partition coefficient (Wildman–Crippen LogP) is 2.85. The lowest BCUT2D eigenvalue weighted by Crippen LogP contribution is -2.32. The Bertz CT molecular complexity index is 340. The lowest BCUT2D eigenvalue weighted by Gasteiger charge is -2.16. The first-order valence-electron chi connectivity index (χ1n) is 7.23. The molecule has 1 aliphatic heterocycles. The van der Waals surface area contributed by atoms with Gasteiger partial charge >= 0.3 is 0 Å². The van der Waals surface area contributed by atoms with Gasteiger partial charge in [0, 0.05) is 23.9 Å². The lowest BCUT2D eigenvalue weighted by molar-refractivity contribution is -0.0139. The molecule has 0 saturated carbocycles. The molecule has 4 heteroatoms. The number of ether oxygens (including phenoxy) is 2. The van der Waals surface area contributed by atoms with Crippen molar-refractivity contribution in [2.24, 2.45) is 0 Å². The largest absolute Gasteiger partial charge is 0.378 e. The Labute approximate surface area is 120 Å². The third-order valence-corrected chi connectivity index (χ3v) is 4.26. The summed E-state index contributed by atoms with van der Waals surface area (Å²) in [4.78, 5) is 1.39. The third kappa shape index (κ3) is 5.61. The van der Waals surface area contributed by atoms with Gasteiger partial charge in [-0.2, -0.15) is 0 Å². The SMILES string of the molecule is CC(C)NCC1CCC(COCCc2cccs2)O1. The van der Waals surface area contributed by atoms with Gasteiger partial charge < -0.3 is 14.8 Å². The van der Waals surface area contributed by atoms with E-state index in [-0.39, 0.29) is 0 Å². The number of rotatable bonds is 8. The minimum atomic E-state index is 0.294. The number of thiophene rings is 1. The van der Waals surface area contributed by atoms with Crippen LogP contribution in [0.3, 0.4) is 0 Å². The topological polar surface area (TPSA) is 30.5 Å². The molecule has 0 aromatic carbocycles. The van der Waals surface area contributed by atoms with Crippen LogP contribution >= 0.6 is 11.3 Å². The first-order chi connectivity index (χ1) is 9.24. The Morgan fingerprint density at radius 3 is 3.00 bits per heavy atom. The van der Waals surface area contributed by atoms with E-state index in [1.165, 1.54) is 4.88 Å². The van der Waals surface area contributed by atoms with Crippen molar-refractivity contribution in [1.82, 2.24) is 5.32 Å². The fourth-order valence-electron chi connectivity index (χ4n) is 2.26. The molecule has 1 N–H and O–H groups in total. The molecule has 1 saturated heterocycles. The Kier molecular flexibility index (Phi) is 6.31. The molecule has 2 heterocycles. The Morgan fingerprint density at radius 2 is 2.26 bits per heavy atom. The molecule has 0 bridgehead atoms. The van der Waals surface area contributed by atoms with Crippen molar-refractivity contribution in [2.45, 2.75) is 51.4 Å². The van der Waals surface area contributed by atoms with Gasteiger partial charge in [-0.1, -0.05) is 19.9 Å². The predicted molar refractivity (Wildman–Crippen MR) is 79.9 cm³/mol. The van der Waals surface area contributed by atoms with Gasteiger partial charge in [0.2, 0.25) is 0 Å². The molecular weight excluding hydrogens is 258 g/mol. The van der Waals surface area contributed by atoms with Crippen LogP contribution in [0, 0.1) is 0 Å². The highest BCUT2D eigenvalue weighted by Gasteiger charge is 2.25. The van der Waals surface area contributed by atoms with Crippen LogP contribution in [-0.4, -0.2) is 38.0 Å². The smallest absolute Gasteiger partial charge is 0.0813 e. The molecule has 1 fully saturated rings. The second-order valence-corrected chi connectivity index (χ2v) is 6.46. The fourth-order valence-corrected chi connectivity index (χ4v) is 2.95. The minimum absolute atomic E-state index is 0.294. The van der Waals surface area contributed by atoms with Crippen molar-refractivity contribution in [2.75, 3.05) is 19.8 Å². The lowest BCUT2D eigenvalue weighted by atomic mass is 10.2. The van der Waals surface area contributed by atoms with E-state index >= 15 is 0 Å². The highest BCUT2D eigenvalue weighted by atomic mass is 32.1. The molecule has 19 heavy (non-hydrogen) atoms. The van der Waals surface area contributed by atoms with Gasteiger partial charge in [-0.25, -0.2) is 0 Å². The Balaban J connectivity index is 1.53. The average Bonchev–Trinajstić information content (AvgIpc) is 3.04. The monoisotopic (exact) mass is 283 g/mol. The molecule has 1 aromatic rings. The maximum atomic E-state index is 5.96. The van der Waals surface area contributed by atoms with Gasteiger partial charge in [0.1, 0.15) is 0 Å². The molecule has 2 atom stereocenters. The standard InChI is InChI=1S/C15H25NO2S/c1-12(2)16-10-13-5-6-14(18-13)11-17-8-7-15-4-3-9-19-15/h3-4,9,12-14,16H,5-8,10-11H2,1-2H3. The van der Waals surface area contributed by atoms with Crippen molar-refractivity contribution in [3.63, 3.8) is 0 Å². The summed E-state index contributed by atoms with van der Waals surface area (Å²) in [7, 11) is 0. The summed E-state index contributed by atoms with van der Waals surface area (Å²) < 4.78 is 11.7. The van der Waals surface area contributed by atoms with Crippen LogP contribution in [0.1, 0.15) is 31.6 Å². The van der Waals surface area contributed by atoms with E-state index in [1.807, 2.05) is 0 Å². The summed E-state index contributed by atoms with van der Waals surface area (Å²) in [6, 6.07) is 4.78. The zero-order valence-corrected chi connectivity index (χ0v) is 12.7. The third-order valence-electron chi connectivity index (χ3n) is 3.33. The van der Waals surface area contributed by atoms with Crippen LogP contribution in [0.4, 0.5) is 0 Å². The van der Waals surface area contributed by atoms with E-state index < -0.39 is 0 Å². The highest BCUT2D eigenvalue weighted by molar-refractivity contribution is 7.09. The first kappa shape index (κ1) is 15.0. The van der Waals surface area contributed by atoms with Crippen LogP contribution in [-0.2, 0) is 15.9 Å². The molecule has 3 nitrogen and oxygen atoms in total. The van der Waals surface area contributed by atoms with Crippen LogP contribution < -0.4 is 5.32 Å². The van der Waals surface area contributed by atoms with E-state index in [2.05, 4.69) is 36.7 Å². The molecular formula is C15H25NO2S. The van der Waals surface area contributed by atoms with Gasteiger partial charge in [0.05, 0.1) is 25.4 Å². The van der Waals surface area contributed by atoms with Crippen molar-refractivity contribution in [3.05, 3.63) is 22.4 Å². The Morgan fingerprint density at radius 1 is 1.42 bits per heavy atom. The van der Waals surface area contributed by atoms with E-state index in [0.29, 0.717) is 18.2 Å². The maximum Gasteiger partial charge on any atom is 0.0813 e. The van der Waals surface area contributed by atoms with Gasteiger partial charge in [-0.3, -0.25) is 0 Å². The second-order valence-electron chi connectivity index (χ2n) is 5.42. The summed E-state index contributed by atoms with van der Waals surface area (Å²) in [6.07, 6.45) is 3.96. The van der Waals surface area contributed by atoms with Crippen molar-refractivity contribution in [3.8, 4) is 0 Å². The quantitative estimate of drug-likeness (QED) is 0.744. The van der Waals surface area contributed by atoms with E-state index in [4.69, 9.17) is 9.47 Å². The molecule has 1 aliphatic rings. The summed E-state index contributed by atoms with van der Waals surface area (Å²) in [6.45, 7) is 6.84. The molecule has 0 amide bonds. The van der Waals surface area contributed by atoms with E-state index in [9.17, 15) is 0 Å². The second kappa shape index (κ2) is 8.00. The number of nitrogens with one attached hydrogen (secondary N) is 1. The van der Waals surface area contributed by atoms with Gasteiger partial charge in [-0.05, 0) is 24.3 Å². The number of hydrogen-bond acceptors (Lipinski definition) is 4. The average molecular weight is 283 g/mol. The zero-order valence-electron chi connectivity index (χ0n) is 11.9. The zero-order chi connectivity index (χ0) is 13.5. The van der Waals surface area contributed by atoms with Gasteiger partial charge in [0.15, 0.2) is 0 Å². The van der Waals surface area contributed by atoms with Crippen LogP contribution in [0.5, 0.6) is 0 Å². The summed E-state index contributed by atoms with van der Waals surface area (Å²) >= 11 is 1.80. The van der Waals surface area contributed by atoms with Gasteiger partial charge in [0.25, 0.3) is 0 Å². The van der Waals surface area contributed by atoms with Gasteiger partial charge in [-0.15, -0.1) is 11.3 Å². The first-order valence-corrected chi connectivity index (χ1v) is 8.11. The van der Waals surface area contributed by atoms with Crippen LogP contribution in [0.15, 0.2) is 17.5 Å². The maximum absolute atomic E-state index is 5.96. The van der Waals surface area contributed by atoms with Crippen LogP contribution in [0.2, 0.25) is 0 Å². The van der Waals surface area contributed by atoms with E-state index in [1.54, 1.807) is 11.3 Å². The van der Waals surface area contributed by atoms with Crippen LogP contribution in [0.25, 0.3) is 0 Å². The molecule has 108 valence electrons. The molecule has 2 unspecified atom stereocenters. The normalized spacial score (nSPS) is 23.3. The van der Waals surface area contributed by atoms with Crippen molar-refractivity contribution in [1.29, 1.82) is 0 Å². The van der Waals surface area contributed by atoms with Crippen molar-refractivity contribution >= 4 is 11.3 Å². The molecule has 0 spiro atoms. The van der Waals surface area contributed by atoms with Crippen molar-refractivity contribution < 1.29 is 9.47 Å². The fraction of sp³-hybridized carbons (Fsp3) is 0.733. The summed E-state index contributed by atoms with van der Waals surface area (Å²) in [5.41, 5.74) is 0. The summed E-state index contributed by atoms with van der Waals surface area (Å²) in [5, 5.41) is 5.54.